The molecule has 23 heavy (non-hydrogen) atoms. The molecule has 0 aromatic heterocycles. The van der Waals surface area contributed by atoms with E-state index in [0.29, 0.717) is 17.8 Å². The first-order chi connectivity index (χ1) is 11.1. The highest BCUT2D eigenvalue weighted by Gasteiger charge is 2.30. The molecule has 2 saturated carbocycles. The summed E-state index contributed by atoms with van der Waals surface area (Å²) in [4.78, 5) is 4.30. The molecule has 0 aromatic carbocycles. The fourth-order valence-electron chi connectivity index (χ4n) is 3.77. The summed E-state index contributed by atoms with van der Waals surface area (Å²) < 4.78 is 12.0. The molecule has 3 unspecified atom stereocenters. The molecule has 3 atom stereocenters. The highest BCUT2D eigenvalue weighted by atomic mass is 32.2. The summed E-state index contributed by atoms with van der Waals surface area (Å²) in [6.07, 6.45) is 9.44. The normalized spacial score (nSPS) is 29.8. The standard InChI is InChI=1S/C17H33N3O2S/c1-3-23(22)15-9-7-8-14(12-15)20-16(18-2)19-13-17(21)10-5-4-6-11-17/h14-15,21H,3-13H2,1-2H3,(H2,18,19,20). The Morgan fingerprint density at radius 3 is 2.65 bits per heavy atom. The second-order valence-corrected chi connectivity index (χ2v) is 9.02. The van der Waals surface area contributed by atoms with E-state index in [1.807, 2.05) is 6.92 Å². The number of hydrogen-bond donors (Lipinski definition) is 3. The number of hydrogen-bond acceptors (Lipinski definition) is 3. The third-order valence-electron chi connectivity index (χ3n) is 5.22. The van der Waals surface area contributed by atoms with E-state index in [0.717, 1.165) is 63.1 Å². The van der Waals surface area contributed by atoms with Crippen LogP contribution in [0.15, 0.2) is 4.99 Å². The molecule has 0 amide bonds. The summed E-state index contributed by atoms with van der Waals surface area (Å²) >= 11 is 0. The van der Waals surface area contributed by atoms with E-state index >= 15 is 0 Å². The molecule has 3 N–H and O–H groups in total. The zero-order valence-electron chi connectivity index (χ0n) is 14.6. The summed E-state index contributed by atoms with van der Waals surface area (Å²) in [7, 11) is 1.06. The van der Waals surface area contributed by atoms with Gasteiger partial charge in [0.15, 0.2) is 5.96 Å². The molecule has 0 aromatic rings. The van der Waals surface area contributed by atoms with Gasteiger partial charge in [-0.1, -0.05) is 32.6 Å². The Balaban J connectivity index is 1.81. The van der Waals surface area contributed by atoms with E-state index in [-0.39, 0.29) is 0 Å². The molecule has 2 aliphatic carbocycles. The van der Waals surface area contributed by atoms with E-state index in [4.69, 9.17) is 0 Å². The lowest BCUT2D eigenvalue weighted by molar-refractivity contribution is 0.00854. The topological polar surface area (TPSA) is 73.7 Å². The Morgan fingerprint density at radius 2 is 2.00 bits per heavy atom. The molecular formula is C17H33N3O2S. The zero-order valence-corrected chi connectivity index (χ0v) is 15.5. The van der Waals surface area contributed by atoms with Crippen LogP contribution in [0.4, 0.5) is 0 Å². The summed E-state index contributed by atoms with van der Waals surface area (Å²) in [6, 6.07) is 0.330. The summed E-state index contributed by atoms with van der Waals surface area (Å²) in [5.74, 6) is 1.51. The molecule has 5 nitrogen and oxygen atoms in total. The van der Waals surface area contributed by atoms with Crippen molar-refractivity contribution in [1.82, 2.24) is 10.6 Å². The van der Waals surface area contributed by atoms with E-state index in [1.165, 1.54) is 6.42 Å². The van der Waals surface area contributed by atoms with Crippen molar-refractivity contribution < 1.29 is 9.32 Å². The summed E-state index contributed by atoms with van der Waals surface area (Å²) in [6.45, 7) is 2.56. The van der Waals surface area contributed by atoms with Gasteiger partial charge in [-0.2, -0.15) is 0 Å². The number of aliphatic hydroxyl groups is 1. The van der Waals surface area contributed by atoms with Crippen molar-refractivity contribution in [2.45, 2.75) is 81.6 Å². The third-order valence-corrected chi connectivity index (χ3v) is 6.96. The van der Waals surface area contributed by atoms with Crippen molar-refractivity contribution in [3.05, 3.63) is 0 Å². The number of rotatable bonds is 5. The van der Waals surface area contributed by atoms with Gasteiger partial charge in [-0.3, -0.25) is 9.20 Å². The van der Waals surface area contributed by atoms with E-state index < -0.39 is 16.4 Å². The molecule has 0 radical (unpaired) electrons. The fraction of sp³-hybridized carbons (Fsp3) is 0.941. The van der Waals surface area contributed by atoms with E-state index in [9.17, 15) is 9.32 Å². The average molecular weight is 344 g/mol. The van der Waals surface area contributed by atoms with Crippen molar-refractivity contribution in [2.24, 2.45) is 4.99 Å². The largest absolute Gasteiger partial charge is 0.388 e. The minimum absolute atomic E-state index is 0.312. The van der Waals surface area contributed by atoms with Crippen molar-refractivity contribution in [3.8, 4) is 0 Å². The van der Waals surface area contributed by atoms with Gasteiger partial charge < -0.3 is 15.7 Å². The molecule has 2 aliphatic rings. The maximum absolute atomic E-state index is 12.0. The first kappa shape index (κ1) is 18.7. The van der Waals surface area contributed by atoms with Gasteiger partial charge in [0.25, 0.3) is 0 Å². The third kappa shape index (κ3) is 5.75. The molecule has 0 spiro atoms. The first-order valence-electron chi connectivity index (χ1n) is 9.13. The lowest BCUT2D eigenvalue weighted by Gasteiger charge is -2.34. The maximum Gasteiger partial charge on any atom is 0.191 e. The minimum Gasteiger partial charge on any atom is -0.388 e. The number of nitrogens with one attached hydrogen (secondary N) is 2. The Morgan fingerprint density at radius 1 is 1.26 bits per heavy atom. The summed E-state index contributed by atoms with van der Waals surface area (Å²) in [5.41, 5.74) is -0.589. The molecule has 0 aliphatic heterocycles. The van der Waals surface area contributed by atoms with Crippen molar-refractivity contribution >= 4 is 16.8 Å². The predicted molar refractivity (Wildman–Crippen MR) is 97.3 cm³/mol. The van der Waals surface area contributed by atoms with Crippen LogP contribution in [0.5, 0.6) is 0 Å². The van der Waals surface area contributed by atoms with Crippen LogP contribution in [0.3, 0.4) is 0 Å². The Labute approximate surface area is 143 Å². The number of aliphatic imine (C=N–C) groups is 1. The Kier molecular flexibility index (Phi) is 7.34. The molecular weight excluding hydrogens is 310 g/mol. The van der Waals surface area contributed by atoms with E-state index in [2.05, 4.69) is 15.6 Å². The van der Waals surface area contributed by atoms with Gasteiger partial charge in [-0.25, -0.2) is 0 Å². The van der Waals surface area contributed by atoms with Gasteiger partial charge in [0.1, 0.15) is 0 Å². The van der Waals surface area contributed by atoms with Crippen molar-refractivity contribution in [2.75, 3.05) is 19.3 Å². The molecule has 0 saturated heterocycles. The van der Waals surface area contributed by atoms with Crippen LogP contribution in [-0.4, -0.2) is 51.5 Å². The SMILES string of the molecule is CCS(=O)C1CCCC(NC(=NC)NCC2(O)CCCCC2)C1. The van der Waals surface area contributed by atoms with Crippen LogP contribution in [0.1, 0.15) is 64.7 Å². The molecule has 6 heteroatoms. The molecule has 134 valence electrons. The van der Waals surface area contributed by atoms with Gasteiger partial charge in [0, 0.05) is 41.4 Å². The second-order valence-electron chi connectivity index (χ2n) is 7.01. The molecule has 0 heterocycles. The van der Waals surface area contributed by atoms with Gasteiger partial charge in [-0.15, -0.1) is 0 Å². The minimum atomic E-state index is -0.706. The van der Waals surface area contributed by atoms with Gasteiger partial charge in [0.05, 0.1) is 5.60 Å². The molecule has 0 bridgehead atoms. The van der Waals surface area contributed by atoms with Crippen LogP contribution < -0.4 is 10.6 Å². The van der Waals surface area contributed by atoms with Crippen molar-refractivity contribution in [3.63, 3.8) is 0 Å². The maximum atomic E-state index is 12.0. The zero-order chi connectivity index (χ0) is 16.7. The average Bonchev–Trinajstić information content (AvgIpc) is 2.58. The fourth-order valence-corrected chi connectivity index (χ4v) is 5.12. The second kappa shape index (κ2) is 9.02. The van der Waals surface area contributed by atoms with Crippen LogP contribution >= 0.6 is 0 Å². The van der Waals surface area contributed by atoms with Crippen LogP contribution in [0.2, 0.25) is 0 Å². The highest BCUT2D eigenvalue weighted by molar-refractivity contribution is 7.85. The number of guanidine groups is 1. The van der Waals surface area contributed by atoms with Crippen LogP contribution in [0.25, 0.3) is 0 Å². The quantitative estimate of drug-likeness (QED) is 0.527. The lowest BCUT2D eigenvalue weighted by Crippen LogP contribution is -2.51. The van der Waals surface area contributed by atoms with E-state index in [1.54, 1.807) is 7.05 Å². The lowest BCUT2D eigenvalue weighted by atomic mass is 9.85. The van der Waals surface area contributed by atoms with Crippen molar-refractivity contribution in [1.29, 1.82) is 0 Å². The van der Waals surface area contributed by atoms with Gasteiger partial charge in [-0.05, 0) is 32.1 Å². The Bertz CT molecular complexity index is 422. The monoisotopic (exact) mass is 343 g/mol. The first-order valence-corrected chi connectivity index (χ1v) is 10.5. The van der Waals surface area contributed by atoms with Gasteiger partial charge >= 0.3 is 0 Å². The predicted octanol–water partition coefficient (Wildman–Crippen LogP) is 1.93. The highest BCUT2D eigenvalue weighted by Crippen LogP contribution is 2.27. The van der Waals surface area contributed by atoms with Crippen LogP contribution in [-0.2, 0) is 10.8 Å². The summed E-state index contributed by atoms with van der Waals surface area (Å²) in [5, 5.41) is 17.7. The Hall–Kier alpha value is -0.620. The number of nitrogens with zero attached hydrogens (tertiary/aromatic N) is 1. The van der Waals surface area contributed by atoms with Crippen LogP contribution in [0, 0.1) is 0 Å². The molecule has 2 fully saturated rings. The van der Waals surface area contributed by atoms with Gasteiger partial charge in [0.2, 0.25) is 0 Å². The smallest absolute Gasteiger partial charge is 0.191 e. The molecule has 2 rings (SSSR count).